The topological polar surface area (TPSA) is 58.6 Å². The lowest BCUT2D eigenvalue weighted by atomic mass is 10.0. The van der Waals surface area contributed by atoms with E-state index >= 15 is 0 Å². The van der Waals surface area contributed by atoms with Crippen molar-refractivity contribution in [3.05, 3.63) is 64.7 Å². The lowest BCUT2D eigenvalue weighted by molar-refractivity contribution is 0.0914. The van der Waals surface area contributed by atoms with Gasteiger partial charge < -0.3 is 15.2 Å². The first-order valence-electron chi connectivity index (χ1n) is 7.38. The van der Waals surface area contributed by atoms with Gasteiger partial charge in [0.25, 0.3) is 5.91 Å². The molecule has 1 amide bonds. The van der Waals surface area contributed by atoms with Gasteiger partial charge in [0.2, 0.25) is 0 Å². The van der Waals surface area contributed by atoms with Crippen molar-refractivity contribution in [3.63, 3.8) is 0 Å². The Balaban J connectivity index is 2.01. The van der Waals surface area contributed by atoms with E-state index in [1.807, 2.05) is 37.3 Å². The second kappa shape index (κ2) is 7.99. The second-order valence-corrected chi connectivity index (χ2v) is 5.82. The fraction of sp³-hybridized carbons (Fsp3) is 0.278. The highest BCUT2D eigenvalue weighted by Crippen LogP contribution is 2.23. The van der Waals surface area contributed by atoms with Crippen LogP contribution in [0.15, 0.2) is 48.5 Å². The van der Waals surface area contributed by atoms with E-state index in [0.29, 0.717) is 22.8 Å². The summed E-state index contributed by atoms with van der Waals surface area (Å²) >= 11 is 5.94. The molecule has 0 spiro atoms. The number of amides is 1. The zero-order chi connectivity index (χ0) is 16.8. The van der Waals surface area contributed by atoms with Crippen LogP contribution in [0.2, 0.25) is 5.02 Å². The van der Waals surface area contributed by atoms with Crippen LogP contribution in [0.1, 0.15) is 35.4 Å². The van der Waals surface area contributed by atoms with Crippen molar-refractivity contribution in [2.24, 2.45) is 0 Å². The molecule has 0 aliphatic carbocycles. The molecule has 0 bridgehead atoms. The van der Waals surface area contributed by atoms with Gasteiger partial charge in [0, 0.05) is 11.1 Å². The molecule has 0 aromatic heterocycles. The van der Waals surface area contributed by atoms with Crippen LogP contribution >= 0.6 is 11.6 Å². The van der Waals surface area contributed by atoms with Crippen LogP contribution in [0.5, 0.6) is 5.75 Å². The molecule has 5 heteroatoms. The van der Waals surface area contributed by atoms with Crippen molar-refractivity contribution in [1.82, 2.24) is 5.32 Å². The highest BCUT2D eigenvalue weighted by Gasteiger charge is 2.18. The molecule has 0 aliphatic heterocycles. The van der Waals surface area contributed by atoms with Crippen molar-refractivity contribution >= 4 is 17.5 Å². The normalized spacial score (nSPS) is 13.2. The number of aliphatic hydroxyl groups excluding tert-OH is 1. The van der Waals surface area contributed by atoms with Crippen LogP contribution in [0.25, 0.3) is 0 Å². The number of ether oxygens (including phenoxy) is 1. The van der Waals surface area contributed by atoms with E-state index < -0.39 is 6.10 Å². The van der Waals surface area contributed by atoms with Gasteiger partial charge in [0.05, 0.1) is 18.8 Å². The summed E-state index contributed by atoms with van der Waals surface area (Å²) in [5, 5.41) is 13.5. The number of carbonyl (C=O) groups is 1. The van der Waals surface area contributed by atoms with Crippen LogP contribution in [0.4, 0.5) is 0 Å². The molecule has 0 aliphatic rings. The predicted molar refractivity (Wildman–Crippen MR) is 91.0 cm³/mol. The first-order chi connectivity index (χ1) is 11.0. The molecule has 2 aromatic carbocycles. The highest BCUT2D eigenvalue weighted by atomic mass is 35.5. The molecule has 0 heterocycles. The summed E-state index contributed by atoms with van der Waals surface area (Å²) in [6.45, 7) is 1.85. The van der Waals surface area contributed by atoms with Crippen LogP contribution < -0.4 is 10.1 Å². The van der Waals surface area contributed by atoms with Gasteiger partial charge in [-0.3, -0.25) is 4.79 Å². The minimum atomic E-state index is -0.632. The maximum Gasteiger partial charge on any atom is 0.255 e. The highest BCUT2D eigenvalue weighted by molar-refractivity contribution is 6.31. The third-order valence-electron chi connectivity index (χ3n) is 3.54. The number of rotatable bonds is 6. The number of methoxy groups -OCH3 is 1. The summed E-state index contributed by atoms with van der Waals surface area (Å²) in [5.41, 5.74) is 1.20. The van der Waals surface area contributed by atoms with Crippen LogP contribution in [-0.2, 0) is 0 Å². The lowest BCUT2D eigenvalue weighted by Crippen LogP contribution is -2.34. The van der Waals surface area contributed by atoms with Gasteiger partial charge in [0.1, 0.15) is 5.75 Å². The summed E-state index contributed by atoms with van der Waals surface area (Å²) < 4.78 is 5.18. The minimum Gasteiger partial charge on any atom is -0.496 e. The summed E-state index contributed by atoms with van der Waals surface area (Å²) in [5.74, 6) is 0.180. The van der Waals surface area contributed by atoms with E-state index in [0.717, 1.165) is 5.56 Å². The molecule has 0 saturated carbocycles. The first kappa shape index (κ1) is 17.3. The fourth-order valence-corrected chi connectivity index (χ4v) is 2.54. The fourth-order valence-electron chi connectivity index (χ4n) is 2.36. The van der Waals surface area contributed by atoms with Crippen molar-refractivity contribution in [2.75, 3.05) is 7.11 Å². The van der Waals surface area contributed by atoms with E-state index in [4.69, 9.17) is 16.3 Å². The van der Waals surface area contributed by atoms with Gasteiger partial charge in [-0.2, -0.15) is 0 Å². The molecule has 2 rings (SSSR count). The van der Waals surface area contributed by atoms with E-state index in [1.54, 1.807) is 18.2 Å². The quantitative estimate of drug-likeness (QED) is 0.849. The molecular formula is C18H20ClNO3. The molecule has 0 radical (unpaired) electrons. The summed E-state index contributed by atoms with van der Waals surface area (Å²) in [6.07, 6.45) is -0.216. The van der Waals surface area contributed by atoms with E-state index in [1.165, 1.54) is 7.11 Å². The third kappa shape index (κ3) is 4.71. The molecular weight excluding hydrogens is 314 g/mol. The van der Waals surface area contributed by atoms with Gasteiger partial charge in [0.15, 0.2) is 0 Å². The molecule has 0 saturated heterocycles. The SMILES string of the molecule is COc1ccc(Cl)cc1C(=O)NC(C)CC(O)c1ccccc1. The van der Waals surface area contributed by atoms with Crippen molar-refractivity contribution in [1.29, 1.82) is 0 Å². The van der Waals surface area contributed by atoms with Crippen LogP contribution in [-0.4, -0.2) is 24.2 Å². The Labute approximate surface area is 141 Å². The molecule has 2 aromatic rings. The van der Waals surface area contributed by atoms with Gasteiger partial charge in [-0.1, -0.05) is 41.9 Å². The molecule has 23 heavy (non-hydrogen) atoms. The molecule has 2 atom stereocenters. The van der Waals surface area contributed by atoms with Gasteiger partial charge >= 0.3 is 0 Å². The number of benzene rings is 2. The maximum absolute atomic E-state index is 12.4. The summed E-state index contributed by atoms with van der Waals surface area (Å²) in [7, 11) is 1.50. The summed E-state index contributed by atoms with van der Waals surface area (Å²) in [6, 6.07) is 14.0. The van der Waals surface area contributed by atoms with Gasteiger partial charge in [-0.05, 0) is 37.1 Å². The molecule has 4 nitrogen and oxygen atoms in total. The predicted octanol–water partition coefficient (Wildman–Crippen LogP) is 3.59. The molecule has 0 fully saturated rings. The Morgan fingerprint density at radius 3 is 2.61 bits per heavy atom. The number of carbonyl (C=O) groups excluding carboxylic acids is 1. The number of hydrogen-bond acceptors (Lipinski definition) is 3. The van der Waals surface area contributed by atoms with Crippen molar-refractivity contribution in [3.8, 4) is 5.75 Å². The van der Waals surface area contributed by atoms with Gasteiger partial charge in [-0.15, -0.1) is 0 Å². The van der Waals surface area contributed by atoms with E-state index in [-0.39, 0.29) is 11.9 Å². The smallest absolute Gasteiger partial charge is 0.255 e. The number of nitrogens with one attached hydrogen (secondary N) is 1. The Morgan fingerprint density at radius 1 is 1.26 bits per heavy atom. The number of aliphatic hydroxyl groups is 1. The Morgan fingerprint density at radius 2 is 1.96 bits per heavy atom. The Hall–Kier alpha value is -2.04. The third-order valence-corrected chi connectivity index (χ3v) is 3.78. The zero-order valence-electron chi connectivity index (χ0n) is 13.1. The van der Waals surface area contributed by atoms with Crippen LogP contribution in [0.3, 0.4) is 0 Å². The zero-order valence-corrected chi connectivity index (χ0v) is 13.9. The van der Waals surface area contributed by atoms with Crippen molar-refractivity contribution < 1.29 is 14.6 Å². The lowest BCUT2D eigenvalue weighted by Gasteiger charge is -2.19. The van der Waals surface area contributed by atoms with Crippen molar-refractivity contribution in [2.45, 2.75) is 25.5 Å². The Bertz CT molecular complexity index is 661. The van der Waals surface area contributed by atoms with E-state index in [9.17, 15) is 9.90 Å². The molecule has 122 valence electrons. The first-order valence-corrected chi connectivity index (χ1v) is 7.76. The van der Waals surface area contributed by atoms with Crippen LogP contribution in [0, 0.1) is 0 Å². The minimum absolute atomic E-state index is 0.207. The maximum atomic E-state index is 12.4. The monoisotopic (exact) mass is 333 g/mol. The second-order valence-electron chi connectivity index (χ2n) is 5.38. The molecule has 2 N–H and O–H groups in total. The number of hydrogen-bond donors (Lipinski definition) is 2. The average Bonchev–Trinajstić information content (AvgIpc) is 2.55. The Kier molecular flexibility index (Phi) is 6.02. The average molecular weight is 334 g/mol. The van der Waals surface area contributed by atoms with E-state index in [2.05, 4.69) is 5.32 Å². The largest absolute Gasteiger partial charge is 0.496 e. The number of halogens is 1. The summed E-state index contributed by atoms with van der Waals surface area (Å²) in [4.78, 5) is 12.4. The molecule has 2 unspecified atom stereocenters. The van der Waals surface area contributed by atoms with Gasteiger partial charge in [-0.25, -0.2) is 0 Å². The standard InChI is InChI=1S/C18H20ClNO3/c1-12(10-16(21)13-6-4-3-5-7-13)20-18(22)15-11-14(19)8-9-17(15)23-2/h3-9,11-12,16,21H,10H2,1-2H3,(H,20,22).